The van der Waals surface area contributed by atoms with Gasteiger partial charge in [-0.15, -0.1) is 11.3 Å². The van der Waals surface area contributed by atoms with Crippen LogP contribution in [0.15, 0.2) is 11.4 Å². The number of nitrogens with one attached hydrogen (secondary N) is 2. The van der Waals surface area contributed by atoms with E-state index in [2.05, 4.69) is 10.6 Å². The summed E-state index contributed by atoms with van der Waals surface area (Å²) in [5.74, 6) is -1.33. The van der Waals surface area contributed by atoms with Crippen molar-refractivity contribution in [3.8, 4) is 5.75 Å². The molecule has 0 bridgehead atoms. The van der Waals surface area contributed by atoms with Crippen LogP contribution in [0.2, 0.25) is 0 Å². The molecule has 1 heterocycles. The first-order valence-electron chi connectivity index (χ1n) is 6.59. The lowest BCUT2D eigenvalue weighted by Crippen LogP contribution is -2.45. The largest absolute Gasteiger partial charge is 0.483 e. The highest BCUT2D eigenvalue weighted by Gasteiger charge is 2.18. The maximum atomic E-state index is 11.5. The Hall–Kier alpha value is -2.09. The lowest BCUT2D eigenvalue weighted by atomic mass is 10.2. The third-order valence-electron chi connectivity index (χ3n) is 3.10. The molecule has 1 saturated carbocycles. The number of carbonyl (C=O) groups is 3. The Morgan fingerprint density at radius 2 is 2.05 bits per heavy atom. The van der Waals surface area contributed by atoms with Crippen LogP contribution in [0, 0.1) is 0 Å². The van der Waals surface area contributed by atoms with Gasteiger partial charge < -0.3 is 15.2 Å². The first-order chi connectivity index (χ1) is 10.0. The minimum Gasteiger partial charge on any atom is -0.483 e. The molecule has 1 aromatic heterocycles. The van der Waals surface area contributed by atoms with Crippen LogP contribution in [-0.2, 0) is 4.79 Å². The van der Waals surface area contributed by atoms with E-state index in [0.29, 0.717) is 5.75 Å². The number of amides is 3. The van der Waals surface area contributed by atoms with Gasteiger partial charge in [0, 0.05) is 17.5 Å². The van der Waals surface area contributed by atoms with E-state index in [1.807, 2.05) is 0 Å². The number of hydrogen-bond acceptors (Lipinski definition) is 5. The van der Waals surface area contributed by atoms with Crippen molar-refractivity contribution < 1.29 is 24.2 Å². The molecule has 1 aliphatic rings. The predicted octanol–water partition coefficient (Wildman–Crippen LogP) is 1.59. The molecule has 1 aliphatic carbocycles. The first-order valence-corrected chi connectivity index (χ1v) is 7.47. The van der Waals surface area contributed by atoms with Crippen molar-refractivity contribution in [3.05, 3.63) is 16.3 Å². The molecule has 3 amide bonds. The fourth-order valence-electron chi connectivity index (χ4n) is 2.11. The van der Waals surface area contributed by atoms with Crippen molar-refractivity contribution >= 4 is 29.2 Å². The molecular formula is C13H16N2O5S. The Balaban J connectivity index is 1.71. The minimum atomic E-state index is -1.05. The van der Waals surface area contributed by atoms with E-state index in [9.17, 15) is 14.4 Å². The van der Waals surface area contributed by atoms with Crippen LogP contribution in [0.3, 0.4) is 0 Å². The summed E-state index contributed by atoms with van der Waals surface area (Å²) in [6.07, 6.45) is 4.05. The molecule has 0 aliphatic heterocycles. The standard InChI is InChI=1S/C13H16N2O5S/c16-11(15-13(19)14-8-3-1-2-4-8)6-20-9-5-10(12(17)18)21-7-9/h5,7-8H,1-4,6H2,(H,17,18)(H2,14,15,16,19). The average Bonchev–Trinajstić information content (AvgIpc) is 3.06. The van der Waals surface area contributed by atoms with Crippen LogP contribution >= 0.6 is 11.3 Å². The molecule has 21 heavy (non-hydrogen) atoms. The van der Waals surface area contributed by atoms with E-state index >= 15 is 0 Å². The number of carbonyl (C=O) groups excluding carboxylic acids is 2. The predicted molar refractivity (Wildman–Crippen MR) is 75.7 cm³/mol. The topological polar surface area (TPSA) is 105 Å². The second-order valence-corrected chi connectivity index (χ2v) is 5.65. The van der Waals surface area contributed by atoms with Gasteiger partial charge >= 0.3 is 12.0 Å². The van der Waals surface area contributed by atoms with Gasteiger partial charge in [0.1, 0.15) is 10.6 Å². The van der Waals surface area contributed by atoms with E-state index in [1.165, 1.54) is 11.4 Å². The molecule has 114 valence electrons. The average molecular weight is 312 g/mol. The number of rotatable bonds is 5. The van der Waals surface area contributed by atoms with Gasteiger partial charge in [-0.05, 0) is 12.8 Å². The van der Waals surface area contributed by atoms with Gasteiger partial charge in [-0.3, -0.25) is 10.1 Å². The Morgan fingerprint density at radius 1 is 1.33 bits per heavy atom. The quantitative estimate of drug-likeness (QED) is 0.766. The number of ether oxygens (including phenoxy) is 1. The van der Waals surface area contributed by atoms with Crippen LogP contribution in [0.4, 0.5) is 4.79 Å². The Morgan fingerprint density at radius 3 is 2.67 bits per heavy atom. The van der Waals surface area contributed by atoms with Crippen LogP contribution in [0.5, 0.6) is 5.75 Å². The van der Waals surface area contributed by atoms with E-state index in [1.54, 1.807) is 0 Å². The normalized spacial score (nSPS) is 14.7. The summed E-state index contributed by atoms with van der Waals surface area (Å²) in [5.41, 5.74) is 0. The van der Waals surface area contributed by atoms with Gasteiger partial charge in [0.2, 0.25) is 0 Å². The van der Waals surface area contributed by atoms with Gasteiger partial charge in [0.25, 0.3) is 5.91 Å². The summed E-state index contributed by atoms with van der Waals surface area (Å²) in [6.45, 7) is -0.339. The first kappa shape index (κ1) is 15.3. The maximum absolute atomic E-state index is 11.5. The summed E-state index contributed by atoms with van der Waals surface area (Å²) >= 11 is 1.01. The molecule has 1 fully saturated rings. The second-order valence-electron chi connectivity index (χ2n) is 4.74. The van der Waals surface area contributed by atoms with Crippen LogP contribution in [-0.4, -0.2) is 35.7 Å². The number of imide groups is 1. The second kappa shape index (κ2) is 7.07. The zero-order valence-electron chi connectivity index (χ0n) is 11.3. The summed E-state index contributed by atoms with van der Waals surface area (Å²) in [7, 11) is 0. The number of carboxylic acid groups (broad SMARTS) is 1. The van der Waals surface area contributed by atoms with Crippen molar-refractivity contribution in [1.82, 2.24) is 10.6 Å². The van der Waals surface area contributed by atoms with Gasteiger partial charge in [0.05, 0.1) is 0 Å². The highest BCUT2D eigenvalue weighted by molar-refractivity contribution is 7.12. The van der Waals surface area contributed by atoms with Crippen LogP contribution in [0.25, 0.3) is 0 Å². The molecule has 2 rings (SSSR count). The fourth-order valence-corrected chi connectivity index (χ4v) is 2.77. The molecular weight excluding hydrogens is 296 g/mol. The highest BCUT2D eigenvalue weighted by Crippen LogP contribution is 2.21. The Labute approximate surface area is 125 Å². The van der Waals surface area contributed by atoms with Crippen molar-refractivity contribution in [2.24, 2.45) is 0 Å². The lowest BCUT2D eigenvalue weighted by molar-refractivity contribution is -0.122. The molecule has 0 radical (unpaired) electrons. The number of urea groups is 1. The third-order valence-corrected chi connectivity index (χ3v) is 4.00. The monoisotopic (exact) mass is 312 g/mol. The maximum Gasteiger partial charge on any atom is 0.346 e. The number of carboxylic acids is 1. The molecule has 0 atom stereocenters. The van der Waals surface area contributed by atoms with Crippen molar-refractivity contribution in [3.63, 3.8) is 0 Å². The molecule has 0 spiro atoms. The summed E-state index contributed by atoms with van der Waals surface area (Å²) in [5, 5.41) is 15.2. The van der Waals surface area contributed by atoms with Crippen LogP contribution < -0.4 is 15.4 Å². The third kappa shape index (κ3) is 4.75. The van der Waals surface area contributed by atoms with E-state index in [-0.39, 0.29) is 17.5 Å². The highest BCUT2D eigenvalue weighted by atomic mass is 32.1. The van der Waals surface area contributed by atoms with Gasteiger partial charge in [-0.25, -0.2) is 9.59 Å². The van der Waals surface area contributed by atoms with Gasteiger partial charge in [-0.2, -0.15) is 0 Å². The molecule has 0 unspecified atom stereocenters. The molecule has 1 aromatic rings. The summed E-state index contributed by atoms with van der Waals surface area (Å²) in [6, 6.07) is 0.944. The smallest absolute Gasteiger partial charge is 0.346 e. The lowest BCUT2D eigenvalue weighted by Gasteiger charge is -2.12. The Bertz CT molecular complexity index is 536. The summed E-state index contributed by atoms with van der Waals surface area (Å²) < 4.78 is 5.12. The van der Waals surface area contributed by atoms with Gasteiger partial charge in [0.15, 0.2) is 6.61 Å². The van der Waals surface area contributed by atoms with Crippen molar-refractivity contribution in [1.29, 1.82) is 0 Å². The van der Waals surface area contributed by atoms with E-state index < -0.39 is 17.9 Å². The van der Waals surface area contributed by atoms with Crippen molar-refractivity contribution in [2.45, 2.75) is 31.7 Å². The molecule has 3 N–H and O–H groups in total. The number of hydrogen-bond donors (Lipinski definition) is 3. The fraction of sp³-hybridized carbons (Fsp3) is 0.462. The van der Waals surface area contributed by atoms with Crippen LogP contribution in [0.1, 0.15) is 35.4 Å². The zero-order chi connectivity index (χ0) is 15.2. The van der Waals surface area contributed by atoms with Crippen molar-refractivity contribution in [2.75, 3.05) is 6.61 Å². The summed E-state index contributed by atoms with van der Waals surface area (Å²) in [4.78, 5) is 33.9. The van der Waals surface area contributed by atoms with E-state index in [4.69, 9.17) is 9.84 Å². The SMILES string of the molecule is O=C(COc1csc(C(=O)O)c1)NC(=O)NC1CCCC1. The minimum absolute atomic E-state index is 0.129. The molecule has 8 heteroatoms. The molecule has 0 saturated heterocycles. The Kier molecular flexibility index (Phi) is 5.15. The van der Waals surface area contributed by atoms with Gasteiger partial charge in [-0.1, -0.05) is 12.8 Å². The molecule has 7 nitrogen and oxygen atoms in total. The van der Waals surface area contributed by atoms with E-state index in [0.717, 1.165) is 37.0 Å². The molecule has 0 aromatic carbocycles. The number of aromatic carboxylic acids is 1. The zero-order valence-corrected chi connectivity index (χ0v) is 12.1. The number of thiophene rings is 1.